The summed E-state index contributed by atoms with van der Waals surface area (Å²) in [6.45, 7) is 11.0. The average Bonchev–Trinajstić information content (AvgIpc) is 2.84. The Kier molecular flexibility index (Phi) is 6.16. The van der Waals surface area contributed by atoms with Crippen molar-refractivity contribution in [2.24, 2.45) is 0 Å². The number of nitrogens with one attached hydrogen (secondary N) is 1. The molecule has 1 heterocycles. The van der Waals surface area contributed by atoms with Crippen molar-refractivity contribution in [2.75, 3.05) is 19.7 Å². The van der Waals surface area contributed by atoms with Crippen molar-refractivity contribution in [3.05, 3.63) is 28.7 Å². The lowest BCUT2D eigenvalue weighted by Crippen LogP contribution is -2.41. The molecule has 0 saturated carbocycles. The van der Waals surface area contributed by atoms with Crippen LogP contribution in [0, 0.1) is 0 Å². The van der Waals surface area contributed by atoms with Gasteiger partial charge in [0.25, 0.3) is 0 Å². The summed E-state index contributed by atoms with van der Waals surface area (Å²) in [5.41, 5.74) is 1.05. The molecule has 0 spiro atoms. The molecule has 0 aromatic carbocycles. The van der Waals surface area contributed by atoms with Gasteiger partial charge in [-0.1, -0.05) is 26.8 Å². The van der Waals surface area contributed by atoms with Crippen molar-refractivity contribution in [2.45, 2.75) is 32.7 Å². The lowest BCUT2D eigenvalue weighted by molar-refractivity contribution is 0.183. The van der Waals surface area contributed by atoms with Gasteiger partial charge in [-0.25, -0.2) is 9.78 Å². The molecule has 2 amide bonds. The van der Waals surface area contributed by atoms with Gasteiger partial charge in [0.2, 0.25) is 0 Å². The van der Waals surface area contributed by atoms with Crippen LogP contribution >= 0.6 is 11.3 Å². The molecule has 112 valence electrons. The lowest BCUT2D eigenvalue weighted by atomic mass is 9.93. The first-order chi connectivity index (χ1) is 9.38. The van der Waals surface area contributed by atoms with Gasteiger partial charge in [0.15, 0.2) is 0 Å². The number of aliphatic hydroxyl groups excluding tert-OH is 1. The Bertz CT molecular complexity index is 452. The summed E-state index contributed by atoms with van der Waals surface area (Å²) >= 11 is 1.54. The first kappa shape index (κ1) is 16.7. The fourth-order valence-corrected chi connectivity index (χ4v) is 2.51. The third-order valence-electron chi connectivity index (χ3n) is 2.72. The number of carbonyl (C=O) groups excluding carboxylic acids is 1. The minimum Gasteiger partial charge on any atom is -0.395 e. The fraction of sp³-hybridized carbons (Fsp3) is 0.571. The first-order valence-corrected chi connectivity index (χ1v) is 7.46. The molecule has 0 atom stereocenters. The summed E-state index contributed by atoms with van der Waals surface area (Å²) < 4.78 is 0. The Morgan fingerprint density at radius 3 is 2.80 bits per heavy atom. The Hall–Kier alpha value is -1.40. The molecular weight excluding hydrogens is 274 g/mol. The maximum absolute atomic E-state index is 11.9. The number of aliphatic hydroxyl groups is 1. The normalized spacial score (nSPS) is 11.2. The summed E-state index contributed by atoms with van der Waals surface area (Å²) in [5.74, 6) is 0. The molecular formula is C14H23N3O2S. The number of hydrogen-bond donors (Lipinski definition) is 2. The average molecular weight is 297 g/mol. The van der Waals surface area contributed by atoms with Crippen LogP contribution in [0.1, 0.15) is 31.5 Å². The van der Waals surface area contributed by atoms with Gasteiger partial charge >= 0.3 is 6.03 Å². The Morgan fingerprint density at radius 2 is 2.30 bits per heavy atom. The van der Waals surface area contributed by atoms with Crippen molar-refractivity contribution >= 4 is 17.4 Å². The van der Waals surface area contributed by atoms with Crippen LogP contribution in [0.25, 0.3) is 0 Å². The van der Waals surface area contributed by atoms with Crippen LogP contribution in [0.5, 0.6) is 0 Å². The summed E-state index contributed by atoms with van der Waals surface area (Å²) in [5, 5.41) is 14.6. The molecule has 0 bridgehead atoms. The van der Waals surface area contributed by atoms with Gasteiger partial charge in [-0.15, -0.1) is 17.9 Å². The number of nitrogens with zero attached hydrogens (tertiary/aromatic N) is 2. The van der Waals surface area contributed by atoms with E-state index < -0.39 is 0 Å². The van der Waals surface area contributed by atoms with E-state index in [0.29, 0.717) is 19.6 Å². The summed E-state index contributed by atoms with van der Waals surface area (Å²) in [6.07, 6.45) is 1.64. The van der Waals surface area contributed by atoms with Gasteiger partial charge in [0.05, 0.1) is 18.8 Å². The highest BCUT2D eigenvalue weighted by atomic mass is 32.1. The molecule has 6 heteroatoms. The second-order valence-corrected chi connectivity index (χ2v) is 6.44. The molecule has 5 nitrogen and oxygen atoms in total. The molecule has 1 rings (SSSR count). The summed E-state index contributed by atoms with van der Waals surface area (Å²) in [4.78, 5) is 18.0. The zero-order valence-electron chi connectivity index (χ0n) is 12.3. The number of thiazole rings is 1. The zero-order chi connectivity index (χ0) is 15.2. The molecule has 0 aliphatic carbocycles. The van der Waals surface area contributed by atoms with Crippen LogP contribution in [0.2, 0.25) is 0 Å². The SMILES string of the molecule is C=CCN(CCO)C(=O)NCc1nc(C(C)(C)C)cs1. The van der Waals surface area contributed by atoms with E-state index in [1.54, 1.807) is 17.4 Å². The minimum atomic E-state index is -0.216. The van der Waals surface area contributed by atoms with E-state index in [4.69, 9.17) is 5.11 Å². The van der Waals surface area contributed by atoms with E-state index >= 15 is 0 Å². The van der Waals surface area contributed by atoms with Gasteiger partial charge in [-0.05, 0) is 0 Å². The maximum Gasteiger partial charge on any atom is 0.318 e. The largest absolute Gasteiger partial charge is 0.395 e. The first-order valence-electron chi connectivity index (χ1n) is 6.58. The van der Waals surface area contributed by atoms with E-state index in [-0.39, 0.29) is 18.1 Å². The van der Waals surface area contributed by atoms with Crippen molar-refractivity contribution in [1.29, 1.82) is 0 Å². The fourth-order valence-electron chi connectivity index (χ4n) is 1.55. The topological polar surface area (TPSA) is 65.5 Å². The predicted molar refractivity (Wildman–Crippen MR) is 81.9 cm³/mol. The highest BCUT2D eigenvalue weighted by Crippen LogP contribution is 2.23. The van der Waals surface area contributed by atoms with Crippen LogP contribution in [0.4, 0.5) is 4.79 Å². The number of carbonyl (C=O) groups is 1. The van der Waals surface area contributed by atoms with E-state index in [0.717, 1.165) is 10.7 Å². The Labute approximate surface area is 124 Å². The van der Waals surface area contributed by atoms with Gasteiger partial charge in [0, 0.05) is 23.9 Å². The zero-order valence-corrected chi connectivity index (χ0v) is 13.2. The molecule has 0 radical (unpaired) electrons. The van der Waals surface area contributed by atoms with Crippen LogP contribution in [0.3, 0.4) is 0 Å². The van der Waals surface area contributed by atoms with E-state index in [9.17, 15) is 4.79 Å². The molecule has 0 aliphatic rings. The lowest BCUT2D eigenvalue weighted by Gasteiger charge is -2.20. The van der Waals surface area contributed by atoms with Gasteiger partial charge < -0.3 is 15.3 Å². The molecule has 20 heavy (non-hydrogen) atoms. The van der Waals surface area contributed by atoms with Crippen LogP contribution in [0.15, 0.2) is 18.0 Å². The molecule has 0 saturated heterocycles. The number of urea groups is 1. The third kappa shape index (κ3) is 4.94. The summed E-state index contributed by atoms with van der Waals surface area (Å²) in [6, 6.07) is -0.216. The number of hydrogen-bond acceptors (Lipinski definition) is 4. The van der Waals surface area contributed by atoms with Crippen LogP contribution in [-0.4, -0.2) is 40.7 Å². The molecule has 2 N–H and O–H groups in total. The second-order valence-electron chi connectivity index (χ2n) is 5.49. The standard InChI is InChI=1S/C14H23N3O2S/c1-5-6-17(7-8-18)13(19)15-9-12-16-11(10-20-12)14(2,3)4/h5,10,18H,1,6-9H2,2-4H3,(H,15,19). The van der Waals surface area contributed by atoms with Crippen molar-refractivity contribution < 1.29 is 9.90 Å². The predicted octanol–water partition coefficient (Wildman–Crippen LogP) is 2.13. The second kappa shape index (κ2) is 7.40. The quantitative estimate of drug-likeness (QED) is 0.791. The van der Waals surface area contributed by atoms with Crippen molar-refractivity contribution in [1.82, 2.24) is 15.2 Å². The summed E-state index contributed by atoms with van der Waals surface area (Å²) in [7, 11) is 0. The Morgan fingerprint density at radius 1 is 1.60 bits per heavy atom. The van der Waals surface area contributed by atoms with Gasteiger partial charge in [-0.2, -0.15) is 0 Å². The van der Waals surface area contributed by atoms with E-state index in [1.807, 2.05) is 5.38 Å². The number of rotatable bonds is 6. The van der Waals surface area contributed by atoms with Gasteiger partial charge in [0.1, 0.15) is 5.01 Å². The molecule has 1 aromatic heterocycles. The number of aromatic nitrogens is 1. The molecule has 0 unspecified atom stereocenters. The van der Waals surface area contributed by atoms with E-state index in [1.165, 1.54) is 4.90 Å². The molecule has 1 aromatic rings. The van der Waals surface area contributed by atoms with E-state index in [2.05, 4.69) is 37.7 Å². The highest BCUT2D eigenvalue weighted by molar-refractivity contribution is 7.09. The molecule has 0 fully saturated rings. The minimum absolute atomic E-state index is 0.0184. The smallest absolute Gasteiger partial charge is 0.318 e. The Balaban J connectivity index is 2.55. The third-order valence-corrected chi connectivity index (χ3v) is 3.57. The maximum atomic E-state index is 11.9. The molecule has 0 aliphatic heterocycles. The monoisotopic (exact) mass is 297 g/mol. The van der Waals surface area contributed by atoms with Gasteiger partial charge in [-0.3, -0.25) is 0 Å². The van der Waals surface area contributed by atoms with Crippen molar-refractivity contribution in [3.8, 4) is 0 Å². The highest BCUT2D eigenvalue weighted by Gasteiger charge is 2.18. The van der Waals surface area contributed by atoms with Crippen LogP contribution < -0.4 is 5.32 Å². The number of amides is 2. The van der Waals surface area contributed by atoms with Crippen LogP contribution in [-0.2, 0) is 12.0 Å². The van der Waals surface area contributed by atoms with Crippen molar-refractivity contribution in [3.63, 3.8) is 0 Å².